The third-order valence-electron chi connectivity index (χ3n) is 4.62. The highest BCUT2D eigenvalue weighted by Crippen LogP contribution is 2.39. The third kappa shape index (κ3) is 2.88. The van der Waals surface area contributed by atoms with Crippen molar-refractivity contribution in [3.8, 4) is 17.1 Å². The van der Waals surface area contributed by atoms with Crippen LogP contribution in [0.15, 0.2) is 64.5 Å². The Labute approximate surface area is 172 Å². The number of pyridine rings is 1. The Morgan fingerprint density at radius 2 is 2.00 bits per heavy atom. The normalized spacial score (nSPS) is 11.2. The maximum atomic E-state index is 12.7. The van der Waals surface area contributed by atoms with Gasteiger partial charge in [0.15, 0.2) is 17.0 Å². The second-order valence-corrected chi connectivity index (χ2v) is 7.40. The number of nitrogens with zero attached hydrogens (tertiary/aromatic N) is 2. The summed E-state index contributed by atoms with van der Waals surface area (Å²) >= 11 is 1.07. The third-order valence-corrected chi connectivity index (χ3v) is 5.52. The largest absolute Gasteiger partial charge is 0.504 e. The summed E-state index contributed by atoms with van der Waals surface area (Å²) in [5, 5.41) is 29.0. The number of carboxylic acids is 1. The van der Waals surface area contributed by atoms with E-state index in [1.54, 1.807) is 46.4 Å². The molecule has 0 bridgehead atoms. The van der Waals surface area contributed by atoms with Gasteiger partial charge in [-0.25, -0.2) is 9.31 Å². The lowest BCUT2D eigenvalue weighted by atomic mass is 10.1. The monoisotopic (exact) mass is 419 g/mol. The van der Waals surface area contributed by atoms with Gasteiger partial charge in [-0.05, 0) is 30.3 Å². The standard InChI is InChI=1S/C21H13N3O5S/c25-15-6-3-4-11-8-16(29-18(11)15)13-10-30-20(17(13)21(27)28)22-19(26)14-9-12-5-1-2-7-24(12)23-14/h1-10,25H,(H,22,26)(H,27,28). The van der Waals surface area contributed by atoms with Crippen molar-refractivity contribution in [2.24, 2.45) is 0 Å². The average molecular weight is 419 g/mol. The molecular weight excluding hydrogens is 406 g/mol. The van der Waals surface area contributed by atoms with E-state index >= 15 is 0 Å². The molecule has 0 saturated carbocycles. The van der Waals surface area contributed by atoms with Gasteiger partial charge in [0, 0.05) is 22.5 Å². The van der Waals surface area contributed by atoms with Gasteiger partial charge in [0.1, 0.15) is 16.3 Å². The SMILES string of the molecule is O=C(Nc1scc(-c2cc3cccc(O)c3o2)c1C(=O)O)c1cc2ccccn2n1. The number of phenolic OH excluding ortho intramolecular Hbond substituents is 1. The first-order valence-electron chi connectivity index (χ1n) is 8.84. The topological polar surface area (TPSA) is 117 Å². The van der Waals surface area contributed by atoms with E-state index < -0.39 is 11.9 Å². The zero-order chi connectivity index (χ0) is 20.8. The number of aromatic hydroxyl groups is 1. The molecule has 0 spiro atoms. The summed E-state index contributed by atoms with van der Waals surface area (Å²) in [5.41, 5.74) is 1.41. The van der Waals surface area contributed by atoms with Crippen molar-refractivity contribution in [2.45, 2.75) is 0 Å². The van der Waals surface area contributed by atoms with Crippen molar-refractivity contribution in [2.75, 3.05) is 5.32 Å². The maximum absolute atomic E-state index is 12.7. The fourth-order valence-electron chi connectivity index (χ4n) is 3.24. The van der Waals surface area contributed by atoms with Crippen LogP contribution in [0, 0.1) is 0 Å². The van der Waals surface area contributed by atoms with Crippen molar-refractivity contribution in [1.29, 1.82) is 0 Å². The molecular formula is C21H13N3O5S. The fourth-order valence-corrected chi connectivity index (χ4v) is 4.18. The molecule has 0 radical (unpaired) electrons. The first-order chi connectivity index (χ1) is 14.5. The lowest BCUT2D eigenvalue weighted by molar-refractivity contribution is 0.0699. The minimum atomic E-state index is -1.21. The van der Waals surface area contributed by atoms with Crippen LogP contribution in [0.3, 0.4) is 0 Å². The van der Waals surface area contributed by atoms with Crippen LogP contribution in [-0.2, 0) is 0 Å². The van der Waals surface area contributed by atoms with Crippen LogP contribution < -0.4 is 5.32 Å². The summed E-state index contributed by atoms with van der Waals surface area (Å²) in [5.74, 6) is -1.47. The summed E-state index contributed by atoms with van der Waals surface area (Å²) in [4.78, 5) is 24.6. The number of para-hydroxylation sites is 1. The van der Waals surface area contributed by atoms with Gasteiger partial charge in [0.2, 0.25) is 0 Å². The van der Waals surface area contributed by atoms with E-state index in [0.29, 0.717) is 10.9 Å². The molecule has 0 atom stereocenters. The van der Waals surface area contributed by atoms with Gasteiger partial charge in [-0.2, -0.15) is 5.10 Å². The Hall–Kier alpha value is -4.11. The number of carboxylic acid groups (broad SMARTS) is 1. The Balaban J connectivity index is 1.53. The predicted octanol–water partition coefficient (Wildman–Crippen LogP) is 4.47. The smallest absolute Gasteiger partial charge is 0.339 e. The van der Waals surface area contributed by atoms with E-state index in [4.69, 9.17) is 4.42 Å². The number of hydrogen-bond acceptors (Lipinski definition) is 6. The highest BCUT2D eigenvalue weighted by atomic mass is 32.1. The number of phenols is 1. The highest BCUT2D eigenvalue weighted by Gasteiger charge is 2.24. The van der Waals surface area contributed by atoms with Gasteiger partial charge < -0.3 is 19.9 Å². The predicted molar refractivity (Wildman–Crippen MR) is 111 cm³/mol. The summed E-state index contributed by atoms with van der Waals surface area (Å²) < 4.78 is 7.25. The number of aromatic carboxylic acids is 1. The summed E-state index contributed by atoms with van der Waals surface area (Å²) in [6.45, 7) is 0. The molecule has 148 valence electrons. The molecule has 0 aliphatic rings. The number of aromatic nitrogens is 2. The van der Waals surface area contributed by atoms with Crippen molar-refractivity contribution in [3.05, 3.63) is 71.4 Å². The molecule has 30 heavy (non-hydrogen) atoms. The zero-order valence-corrected chi connectivity index (χ0v) is 16.0. The van der Waals surface area contributed by atoms with Gasteiger partial charge in [0.25, 0.3) is 5.91 Å². The number of carbonyl (C=O) groups is 2. The van der Waals surface area contributed by atoms with E-state index in [-0.39, 0.29) is 33.4 Å². The second kappa shape index (κ2) is 6.75. The molecule has 0 aliphatic heterocycles. The van der Waals surface area contributed by atoms with Crippen LogP contribution in [-0.4, -0.2) is 31.7 Å². The van der Waals surface area contributed by atoms with Crippen LogP contribution >= 0.6 is 11.3 Å². The van der Waals surface area contributed by atoms with E-state index in [9.17, 15) is 19.8 Å². The molecule has 0 aliphatic carbocycles. The number of amides is 1. The summed E-state index contributed by atoms with van der Waals surface area (Å²) in [6.07, 6.45) is 1.72. The van der Waals surface area contributed by atoms with E-state index in [2.05, 4.69) is 10.4 Å². The quantitative estimate of drug-likeness (QED) is 0.396. The molecule has 1 aromatic carbocycles. The Bertz CT molecular complexity index is 1410. The molecule has 5 aromatic rings. The van der Waals surface area contributed by atoms with Gasteiger partial charge >= 0.3 is 5.97 Å². The number of fused-ring (bicyclic) bond motifs is 2. The highest BCUT2D eigenvalue weighted by molar-refractivity contribution is 7.15. The van der Waals surface area contributed by atoms with E-state index in [0.717, 1.165) is 16.9 Å². The molecule has 0 saturated heterocycles. The number of furan rings is 1. The first kappa shape index (κ1) is 18.0. The van der Waals surface area contributed by atoms with E-state index in [1.807, 2.05) is 12.1 Å². The lowest BCUT2D eigenvalue weighted by Crippen LogP contribution is -2.14. The maximum Gasteiger partial charge on any atom is 0.339 e. The number of rotatable bonds is 4. The molecule has 8 nitrogen and oxygen atoms in total. The Morgan fingerprint density at radius 1 is 1.13 bits per heavy atom. The van der Waals surface area contributed by atoms with Gasteiger partial charge in [-0.3, -0.25) is 4.79 Å². The van der Waals surface area contributed by atoms with Crippen LogP contribution in [0.4, 0.5) is 5.00 Å². The number of thiophene rings is 1. The molecule has 4 heterocycles. The lowest BCUT2D eigenvalue weighted by Gasteiger charge is -2.03. The van der Waals surface area contributed by atoms with Crippen molar-refractivity contribution in [3.63, 3.8) is 0 Å². The van der Waals surface area contributed by atoms with Gasteiger partial charge in [0.05, 0.1) is 5.52 Å². The summed E-state index contributed by atoms with van der Waals surface area (Å²) in [7, 11) is 0. The molecule has 5 rings (SSSR count). The molecule has 4 aromatic heterocycles. The second-order valence-electron chi connectivity index (χ2n) is 6.52. The fraction of sp³-hybridized carbons (Fsp3) is 0. The minimum Gasteiger partial charge on any atom is -0.504 e. The number of carbonyl (C=O) groups excluding carboxylic acids is 1. The molecule has 0 fully saturated rings. The molecule has 0 unspecified atom stereocenters. The van der Waals surface area contributed by atoms with Crippen LogP contribution in [0.5, 0.6) is 5.75 Å². The minimum absolute atomic E-state index is 0.0359. The zero-order valence-electron chi connectivity index (χ0n) is 15.2. The number of benzene rings is 1. The molecule has 3 N–H and O–H groups in total. The van der Waals surface area contributed by atoms with Crippen LogP contribution in [0.2, 0.25) is 0 Å². The number of hydrogen-bond donors (Lipinski definition) is 3. The first-order valence-corrected chi connectivity index (χ1v) is 9.71. The van der Waals surface area contributed by atoms with Crippen molar-refractivity contribution < 1.29 is 24.2 Å². The van der Waals surface area contributed by atoms with E-state index in [1.165, 1.54) is 6.07 Å². The Kier molecular flexibility index (Phi) is 4.04. The van der Waals surface area contributed by atoms with Gasteiger partial charge in [-0.1, -0.05) is 18.2 Å². The summed E-state index contributed by atoms with van der Waals surface area (Å²) in [6, 6.07) is 13.6. The molecule has 9 heteroatoms. The molecule has 1 amide bonds. The van der Waals surface area contributed by atoms with Gasteiger partial charge in [-0.15, -0.1) is 11.3 Å². The van der Waals surface area contributed by atoms with Crippen LogP contribution in [0.25, 0.3) is 27.8 Å². The average Bonchev–Trinajstić information content (AvgIpc) is 3.44. The number of nitrogens with one attached hydrogen (secondary N) is 1. The van der Waals surface area contributed by atoms with Crippen molar-refractivity contribution in [1.82, 2.24) is 9.61 Å². The Morgan fingerprint density at radius 3 is 2.77 bits per heavy atom. The number of anilines is 1. The van der Waals surface area contributed by atoms with Crippen molar-refractivity contribution >= 4 is 44.7 Å². The van der Waals surface area contributed by atoms with Crippen LogP contribution in [0.1, 0.15) is 20.8 Å².